The average Bonchev–Trinajstić information content (AvgIpc) is 2.72. The van der Waals surface area contributed by atoms with Crippen molar-refractivity contribution in [2.24, 2.45) is 0 Å². The van der Waals surface area contributed by atoms with Crippen LogP contribution in [0.5, 0.6) is 0 Å². The highest BCUT2D eigenvalue weighted by atomic mass is 16.2. The first kappa shape index (κ1) is 13.2. The summed E-state index contributed by atoms with van der Waals surface area (Å²) in [7, 11) is 1.95. The molecule has 0 atom stereocenters. The molecule has 1 aliphatic carbocycles. The fraction of sp³-hybridized carbons (Fsp3) is 0.471. The van der Waals surface area contributed by atoms with Gasteiger partial charge in [-0.1, -0.05) is 43.9 Å². The Morgan fingerprint density at radius 1 is 1.15 bits per heavy atom. The van der Waals surface area contributed by atoms with Crippen LogP contribution in [0.3, 0.4) is 0 Å². The molecule has 3 rings (SSSR count). The predicted octanol–water partition coefficient (Wildman–Crippen LogP) is 3.96. The molecule has 106 valence electrons. The smallest absolute Gasteiger partial charge is 0.270 e. The van der Waals surface area contributed by atoms with Gasteiger partial charge in [0.15, 0.2) is 0 Å². The molecule has 3 nitrogen and oxygen atoms in total. The second-order valence-corrected chi connectivity index (χ2v) is 5.83. The number of hydrogen-bond donors (Lipinski definition) is 1. The molecule has 0 bridgehead atoms. The Labute approximate surface area is 120 Å². The van der Waals surface area contributed by atoms with Gasteiger partial charge in [0.25, 0.3) is 5.91 Å². The minimum Gasteiger partial charge on any atom is -0.351 e. The number of nitrogens with zero attached hydrogens (tertiary/aromatic N) is 1. The van der Waals surface area contributed by atoms with Crippen molar-refractivity contribution in [3.05, 3.63) is 36.0 Å². The summed E-state index contributed by atoms with van der Waals surface area (Å²) in [6, 6.07) is 10.4. The summed E-state index contributed by atoms with van der Waals surface area (Å²) in [6.07, 6.45) is 7.39. The average molecular weight is 270 g/mol. The Kier molecular flexibility index (Phi) is 3.77. The molecule has 0 aliphatic heterocycles. The molecule has 0 unspecified atom stereocenters. The quantitative estimate of drug-likeness (QED) is 0.824. The maximum Gasteiger partial charge on any atom is 0.270 e. The monoisotopic (exact) mass is 270 g/mol. The van der Waals surface area contributed by atoms with Crippen molar-refractivity contribution >= 4 is 16.8 Å². The van der Waals surface area contributed by atoms with Crippen molar-refractivity contribution in [3.8, 4) is 0 Å². The second-order valence-electron chi connectivity index (χ2n) is 5.83. The van der Waals surface area contributed by atoms with E-state index in [0.29, 0.717) is 11.7 Å². The Morgan fingerprint density at radius 3 is 2.55 bits per heavy atom. The largest absolute Gasteiger partial charge is 0.351 e. The van der Waals surface area contributed by atoms with Crippen LogP contribution in [-0.4, -0.2) is 28.9 Å². The number of amides is 1. The van der Waals surface area contributed by atoms with Crippen molar-refractivity contribution in [2.75, 3.05) is 7.05 Å². The first-order chi connectivity index (χ1) is 9.75. The summed E-state index contributed by atoms with van der Waals surface area (Å²) < 4.78 is 0. The second kappa shape index (κ2) is 5.70. The molecule has 1 heterocycles. The third kappa shape index (κ3) is 2.58. The molecular weight excluding hydrogens is 248 g/mol. The van der Waals surface area contributed by atoms with Crippen LogP contribution in [-0.2, 0) is 0 Å². The van der Waals surface area contributed by atoms with Crippen molar-refractivity contribution in [2.45, 2.75) is 44.6 Å². The number of rotatable bonds is 2. The van der Waals surface area contributed by atoms with E-state index in [1.807, 2.05) is 42.3 Å². The third-order valence-corrected chi connectivity index (χ3v) is 4.45. The molecule has 1 aliphatic rings. The van der Waals surface area contributed by atoms with Crippen LogP contribution < -0.4 is 0 Å². The molecule has 0 radical (unpaired) electrons. The molecule has 1 N–H and O–H groups in total. The number of carbonyl (C=O) groups is 1. The number of carbonyl (C=O) groups excluding carboxylic acids is 1. The zero-order chi connectivity index (χ0) is 13.9. The number of H-pyrrole nitrogens is 1. The molecule has 1 fully saturated rings. The van der Waals surface area contributed by atoms with Crippen molar-refractivity contribution < 1.29 is 4.79 Å². The molecule has 0 spiro atoms. The van der Waals surface area contributed by atoms with E-state index in [2.05, 4.69) is 4.98 Å². The number of aromatic nitrogens is 1. The van der Waals surface area contributed by atoms with Crippen LogP contribution in [0, 0.1) is 0 Å². The molecule has 2 aromatic rings. The molecule has 20 heavy (non-hydrogen) atoms. The van der Waals surface area contributed by atoms with Gasteiger partial charge in [-0.15, -0.1) is 0 Å². The van der Waals surface area contributed by atoms with Gasteiger partial charge in [-0.25, -0.2) is 0 Å². The number of aromatic amines is 1. The van der Waals surface area contributed by atoms with Gasteiger partial charge < -0.3 is 9.88 Å². The van der Waals surface area contributed by atoms with Gasteiger partial charge in [-0.3, -0.25) is 4.79 Å². The van der Waals surface area contributed by atoms with E-state index in [9.17, 15) is 4.79 Å². The predicted molar refractivity (Wildman–Crippen MR) is 81.9 cm³/mol. The lowest BCUT2D eigenvalue weighted by atomic mass is 10.1. The molecule has 1 aromatic heterocycles. The number of nitrogens with one attached hydrogen (secondary N) is 1. The summed E-state index contributed by atoms with van der Waals surface area (Å²) in [5, 5.41) is 1.10. The number of benzene rings is 1. The van der Waals surface area contributed by atoms with Gasteiger partial charge in [-0.05, 0) is 25.0 Å². The van der Waals surface area contributed by atoms with Crippen LogP contribution in [0.2, 0.25) is 0 Å². The van der Waals surface area contributed by atoms with Gasteiger partial charge in [0, 0.05) is 24.0 Å². The Hall–Kier alpha value is -1.77. The molecule has 1 aromatic carbocycles. The lowest BCUT2D eigenvalue weighted by Gasteiger charge is -2.26. The standard InChI is InChI=1S/C17H22N2O/c1-19(14-9-4-2-3-5-10-14)17(20)16-12-13-8-6-7-11-15(13)18-16/h6-8,11-12,14,18H,2-5,9-10H2,1H3. The van der Waals surface area contributed by atoms with E-state index in [1.165, 1.54) is 25.7 Å². The first-order valence-corrected chi connectivity index (χ1v) is 7.60. The normalized spacial score (nSPS) is 17.1. The van der Waals surface area contributed by atoms with E-state index in [4.69, 9.17) is 0 Å². The van der Waals surface area contributed by atoms with E-state index < -0.39 is 0 Å². The van der Waals surface area contributed by atoms with E-state index in [-0.39, 0.29) is 5.91 Å². The van der Waals surface area contributed by atoms with Crippen LogP contribution in [0.4, 0.5) is 0 Å². The molecule has 3 heteroatoms. The molecule has 1 saturated carbocycles. The van der Waals surface area contributed by atoms with E-state index >= 15 is 0 Å². The zero-order valence-electron chi connectivity index (χ0n) is 12.1. The molecular formula is C17H22N2O. The minimum atomic E-state index is 0.119. The van der Waals surface area contributed by atoms with E-state index in [0.717, 1.165) is 23.7 Å². The van der Waals surface area contributed by atoms with Gasteiger partial charge in [0.1, 0.15) is 5.69 Å². The van der Waals surface area contributed by atoms with Gasteiger partial charge >= 0.3 is 0 Å². The number of fused-ring (bicyclic) bond motifs is 1. The zero-order valence-corrected chi connectivity index (χ0v) is 12.1. The first-order valence-electron chi connectivity index (χ1n) is 7.60. The fourth-order valence-electron chi connectivity index (χ4n) is 3.19. The molecule has 0 saturated heterocycles. The fourth-order valence-corrected chi connectivity index (χ4v) is 3.19. The summed E-state index contributed by atoms with van der Waals surface area (Å²) >= 11 is 0. The highest BCUT2D eigenvalue weighted by molar-refractivity contribution is 5.98. The summed E-state index contributed by atoms with van der Waals surface area (Å²) in [4.78, 5) is 17.8. The lowest BCUT2D eigenvalue weighted by molar-refractivity contribution is 0.0712. The van der Waals surface area contributed by atoms with Gasteiger partial charge in [0.2, 0.25) is 0 Å². The summed E-state index contributed by atoms with van der Waals surface area (Å²) in [6.45, 7) is 0. The van der Waals surface area contributed by atoms with Crippen LogP contribution >= 0.6 is 0 Å². The number of hydrogen-bond acceptors (Lipinski definition) is 1. The highest BCUT2D eigenvalue weighted by Crippen LogP contribution is 2.23. The minimum absolute atomic E-state index is 0.119. The number of para-hydroxylation sites is 1. The van der Waals surface area contributed by atoms with Crippen LogP contribution in [0.15, 0.2) is 30.3 Å². The maximum atomic E-state index is 12.6. The van der Waals surface area contributed by atoms with Gasteiger partial charge in [0.05, 0.1) is 0 Å². The Balaban J connectivity index is 1.79. The van der Waals surface area contributed by atoms with Crippen LogP contribution in [0.25, 0.3) is 10.9 Å². The highest BCUT2D eigenvalue weighted by Gasteiger charge is 2.23. The SMILES string of the molecule is CN(C(=O)c1cc2ccccc2[nH]1)C1CCCCCC1. The maximum absolute atomic E-state index is 12.6. The van der Waals surface area contributed by atoms with Crippen molar-refractivity contribution in [3.63, 3.8) is 0 Å². The lowest BCUT2D eigenvalue weighted by Crippen LogP contribution is -2.36. The van der Waals surface area contributed by atoms with Gasteiger partial charge in [-0.2, -0.15) is 0 Å². The summed E-state index contributed by atoms with van der Waals surface area (Å²) in [5.74, 6) is 0.119. The summed E-state index contributed by atoms with van der Waals surface area (Å²) in [5.41, 5.74) is 1.74. The molecule has 1 amide bonds. The third-order valence-electron chi connectivity index (χ3n) is 4.45. The van der Waals surface area contributed by atoms with Crippen molar-refractivity contribution in [1.82, 2.24) is 9.88 Å². The van der Waals surface area contributed by atoms with Crippen LogP contribution in [0.1, 0.15) is 49.0 Å². The van der Waals surface area contributed by atoms with Crippen molar-refractivity contribution in [1.29, 1.82) is 0 Å². The Morgan fingerprint density at radius 2 is 1.85 bits per heavy atom. The Bertz CT molecular complexity index is 561. The van der Waals surface area contributed by atoms with E-state index in [1.54, 1.807) is 0 Å². The topological polar surface area (TPSA) is 36.1 Å².